The van der Waals surface area contributed by atoms with E-state index < -0.39 is 0 Å². The van der Waals surface area contributed by atoms with Gasteiger partial charge in [-0.1, -0.05) is 352 Å². The Hall–Kier alpha value is -15.4. The first-order valence-electron chi connectivity index (χ1n) is 41.5. The Balaban J connectivity index is 0.000000101. The highest BCUT2D eigenvalue weighted by Crippen LogP contribution is 2.48. The zero-order valence-electron chi connectivity index (χ0n) is 66.0. The molecule has 0 unspecified atom stereocenters. The lowest BCUT2D eigenvalue weighted by Gasteiger charge is -2.14. The van der Waals surface area contributed by atoms with Crippen LogP contribution in [0.15, 0.2) is 401 Å². The number of aromatic nitrogens is 6. The molecule has 6 nitrogen and oxygen atoms in total. The van der Waals surface area contributed by atoms with Crippen molar-refractivity contribution in [3.8, 4) is 67.2 Å². The maximum Gasteiger partial charge on any atom is 0.0979 e. The van der Waals surface area contributed by atoms with Crippen molar-refractivity contribution in [2.75, 3.05) is 0 Å². The summed E-state index contributed by atoms with van der Waals surface area (Å²) >= 11 is 5.62. The Kier molecular flexibility index (Phi) is 16.5. The second-order valence-electron chi connectivity index (χ2n) is 31.7. The number of hydrogen-bond donors (Lipinski definition) is 0. The molecule has 0 spiro atoms. The SMILES string of the molecule is c1ccc2c(c1)sc1c(-c3ccc(-c4cnc5c6ccccc6c6ccccc6c5n4)c4ccccc34)cccc12.c1ccc2c(c1)sc1c(-c3ccc4ccc(-c5cnc6c7ccccc7c7ccccc7c6n5)cc4c3)cccc12.c1ccc2c(c1)sc1c(-c3cccc4c(-c5cnc6c7ccccc7c7ccccc7c6n5)cccc34)cccc12. The van der Waals surface area contributed by atoms with Crippen molar-refractivity contribution in [1.29, 1.82) is 0 Å². The summed E-state index contributed by atoms with van der Waals surface area (Å²) in [4.78, 5) is 30.8. The second kappa shape index (κ2) is 28.7. The monoisotopic (exact) mass is 1610 g/mol. The van der Waals surface area contributed by atoms with Crippen LogP contribution in [0.5, 0.6) is 0 Å². The predicted molar refractivity (Wildman–Crippen MR) is 527 cm³/mol. The minimum atomic E-state index is 0.886. The fourth-order valence-electron chi connectivity index (χ4n) is 19.3. The van der Waals surface area contributed by atoms with E-state index in [2.05, 4.69) is 382 Å². The highest BCUT2D eigenvalue weighted by Gasteiger charge is 2.22. The first-order valence-corrected chi connectivity index (χ1v) is 44.0. The molecule has 0 aliphatic carbocycles. The fourth-order valence-corrected chi connectivity index (χ4v) is 23.0. The molecular formula is C114H66N6S3. The summed E-state index contributed by atoms with van der Waals surface area (Å²) in [6, 6.07) is 137. The standard InChI is InChI=1S/3C38H22N2S/c1-3-13-30-25(10-1)26-11-2-4-14-31(26)37-36(30)39-22-34(40-37)28-18-8-15-23-24(28)16-7-17-27(23)32-19-9-20-33-29-12-5-6-21-35(29)41-38(32)33;1-3-11-31-28(8-1)29-9-2-4-12-32(29)37-36(31)39-22-34(40-37)25-19-17-23-16-18-24(20-26(23)21-25)27-13-7-14-33-30-10-5-6-15-35(30)41-38(27)33;1-2-11-24-23(10-1)27(32-17-9-18-33-29-14-7-8-19-35(29)41-38(32)33)20-21-28(24)34-22-39-36-30-15-5-3-12-25(30)26-13-4-6-16-31(26)37(36)40-34/h3*1-22H. The van der Waals surface area contributed by atoms with Crippen LogP contribution in [0.2, 0.25) is 0 Å². The van der Waals surface area contributed by atoms with E-state index in [1.165, 1.54) is 159 Å². The molecule has 27 aromatic rings. The van der Waals surface area contributed by atoms with Gasteiger partial charge in [0, 0.05) is 121 Å². The molecule has 123 heavy (non-hydrogen) atoms. The second-order valence-corrected chi connectivity index (χ2v) is 34.8. The minimum absolute atomic E-state index is 0.886. The van der Waals surface area contributed by atoms with Crippen LogP contribution in [0.1, 0.15) is 0 Å². The first kappa shape index (κ1) is 70.6. The van der Waals surface area contributed by atoms with Crippen LogP contribution in [0, 0.1) is 0 Å². The van der Waals surface area contributed by atoms with Crippen molar-refractivity contribution >= 4 is 225 Å². The maximum absolute atomic E-state index is 5.29. The van der Waals surface area contributed by atoms with Crippen LogP contribution in [0.3, 0.4) is 0 Å². The van der Waals surface area contributed by atoms with Gasteiger partial charge in [-0.2, -0.15) is 0 Å². The molecule has 6 heterocycles. The van der Waals surface area contributed by atoms with Crippen molar-refractivity contribution in [3.63, 3.8) is 0 Å². The molecule has 21 aromatic carbocycles. The lowest BCUT2D eigenvalue weighted by molar-refractivity contribution is 1.31. The molecule has 0 amide bonds. The summed E-state index contributed by atoms with van der Waals surface area (Å²) in [5, 5.41) is 29.2. The molecule has 0 fully saturated rings. The normalized spacial score (nSPS) is 11.9. The number of rotatable bonds is 6. The molecule has 6 aromatic heterocycles. The van der Waals surface area contributed by atoms with Gasteiger partial charge in [0.15, 0.2) is 0 Å². The number of nitrogens with zero attached hydrogens (tertiary/aromatic N) is 6. The Bertz CT molecular complexity index is 8730. The predicted octanol–water partition coefficient (Wildman–Crippen LogP) is 32.4. The fraction of sp³-hybridized carbons (Fsp3) is 0. The average molecular weight is 1620 g/mol. The molecule has 0 saturated carbocycles. The van der Waals surface area contributed by atoms with Gasteiger partial charge in [-0.05, 0) is 117 Å². The summed E-state index contributed by atoms with van der Waals surface area (Å²) in [5.41, 5.74) is 19.1. The van der Waals surface area contributed by atoms with E-state index in [1.807, 2.05) is 52.6 Å². The van der Waals surface area contributed by atoms with Crippen LogP contribution in [-0.4, -0.2) is 29.9 Å². The van der Waals surface area contributed by atoms with Crippen LogP contribution < -0.4 is 0 Å². The van der Waals surface area contributed by atoms with E-state index >= 15 is 0 Å². The molecule has 9 heteroatoms. The molecule has 27 rings (SSSR count). The highest BCUT2D eigenvalue weighted by molar-refractivity contribution is 7.27. The Morgan fingerprint density at radius 3 is 0.829 bits per heavy atom. The van der Waals surface area contributed by atoms with Gasteiger partial charge in [0.05, 0.1) is 68.8 Å². The van der Waals surface area contributed by atoms with E-state index in [0.717, 1.165) is 99.2 Å². The van der Waals surface area contributed by atoms with Crippen molar-refractivity contribution in [1.82, 2.24) is 29.9 Å². The average Bonchev–Trinajstić information content (AvgIpc) is 1.30. The third kappa shape index (κ3) is 11.5. The molecule has 570 valence electrons. The Morgan fingerprint density at radius 2 is 0.415 bits per heavy atom. The van der Waals surface area contributed by atoms with Gasteiger partial charge in [-0.15, -0.1) is 34.0 Å². The quantitative estimate of drug-likeness (QED) is 0.154. The smallest absolute Gasteiger partial charge is 0.0979 e. The van der Waals surface area contributed by atoms with E-state index in [4.69, 9.17) is 29.9 Å². The van der Waals surface area contributed by atoms with Crippen molar-refractivity contribution in [3.05, 3.63) is 401 Å². The first-order chi connectivity index (χ1) is 61.0. The molecular weight excluding hydrogens is 1550 g/mol. The van der Waals surface area contributed by atoms with Gasteiger partial charge in [-0.25, -0.2) is 15.0 Å². The van der Waals surface area contributed by atoms with Crippen molar-refractivity contribution in [2.24, 2.45) is 0 Å². The zero-order valence-corrected chi connectivity index (χ0v) is 68.5. The molecule has 0 aliphatic rings. The van der Waals surface area contributed by atoms with E-state index in [0.29, 0.717) is 0 Å². The number of thiophene rings is 3. The third-order valence-corrected chi connectivity index (χ3v) is 28.6. The Morgan fingerprint density at radius 1 is 0.154 bits per heavy atom. The van der Waals surface area contributed by atoms with Gasteiger partial charge in [-0.3, -0.25) is 15.0 Å². The van der Waals surface area contributed by atoms with Crippen LogP contribution in [0.4, 0.5) is 0 Å². The number of hydrogen-bond acceptors (Lipinski definition) is 9. The third-order valence-electron chi connectivity index (χ3n) is 24.9. The zero-order chi connectivity index (χ0) is 80.7. The molecule has 0 radical (unpaired) electrons. The summed E-state index contributed by atoms with van der Waals surface area (Å²) in [7, 11) is 0. The lowest BCUT2D eigenvalue weighted by atomic mass is 9.93. The van der Waals surface area contributed by atoms with Gasteiger partial charge in [0.2, 0.25) is 0 Å². The van der Waals surface area contributed by atoms with Gasteiger partial charge in [0.1, 0.15) is 0 Å². The molecule has 0 N–H and O–H groups in total. The number of benzene rings is 21. The summed E-state index contributed by atoms with van der Waals surface area (Å²) < 4.78 is 7.96. The van der Waals surface area contributed by atoms with Crippen molar-refractivity contribution < 1.29 is 0 Å². The highest BCUT2D eigenvalue weighted by atomic mass is 32.1. The largest absolute Gasteiger partial charge is 0.252 e. The molecule has 0 saturated heterocycles. The van der Waals surface area contributed by atoms with Crippen molar-refractivity contribution in [2.45, 2.75) is 0 Å². The van der Waals surface area contributed by atoms with Crippen LogP contribution in [0.25, 0.3) is 258 Å². The minimum Gasteiger partial charge on any atom is -0.252 e. The Labute approximate surface area is 716 Å². The number of fused-ring (bicyclic) bond motifs is 30. The van der Waals surface area contributed by atoms with E-state index in [1.54, 1.807) is 0 Å². The van der Waals surface area contributed by atoms with Gasteiger partial charge in [0.25, 0.3) is 0 Å². The summed E-state index contributed by atoms with van der Waals surface area (Å²) in [5.74, 6) is 0. The van der Waals surface area contributed by atoms with Crippen LogP contribution >= 0.6 is 34.0 Å². The molecule has 0 atom stereocenters. The summed E-state index contributed by atoms with van der Waals surface area (Å²) in [6.45, 7) is 0. The van der Waals surface area contributed by atoms with E-state index in [-0.39, 0.29) is 0 Å². The lowest BCUT2D eigenvalue weighted by Crippen LogP contribution is -1.93. The molecule has 0 bridgehead atoms. The van der Waals surface area contributed by atoms with E-state index in [9.17, 15) is 0 Å². The van der Waals surface area contributed by atoms with Gasteiger partial charge >= 0.3 is 0 Å². The summed E-state index contributed by atoms with van der Waals surface area (Å²) in [6.07, 6.45) is 5.81. The van der Waals surface area contributed by atoms with Gasteiger partial charge < -0.3 is 0 Å². The van der Waals surface area contributed by atoms with Crippen LogP contribution in [-0.2, 0) is 0 Å². The molecule has 0 aliphatic heterocycles. The topological polar surface area (TPSA) is 77.3 Å². The maximum atomic E-state index is 5.29.